The molecule has 120 valence electrons. The zero-order chi connectivity index (χ0) is 15.9. The summed E-state index contributed by atoms with van der Waals surface area (Å²) >= 11 is 0. The van der Waals surface area contributed by atoms with E-state index in [0.29, 0.717) is 12.6 Å². The normalized spacial score (nSPS) is 21.4. The highest BCUT2D eigenvalue weighted by Gasteiger charge is 2.24. The van der Waals surface area contributed by atoms with Gasteiger partial charge in [-0.3, -0.25) is 0 Å². The highest BCUT2D eigenvalue weighted by atomic mass is 16.5. The predicted molar refractivity (Wildman–Crippen MR) is 93.1 cm³/mol. The van der Waals surface area contributed by atoms with E-state index in [9.17, 15) is 0 Å². The van der Waals surface area contributed by atoms with Gasteiger partial charge in [-0.2, -0.15) is 0 Å². The monoisotopic (exact) mass is 301 g/mol. The molecule has 0 spiro atoms. The van der Waals surface area contributed by atoms with Gasteiger partial charge in [-0.15, -0.1) is 0 Å². The first-order chi connectivity index (χ1) is 10.7. The predicted octanol–water partition coefficient (Wildman–Crippen LogP) is 3.81. The quantitative estimate of drug-likeness (QED) is 0.833. The summed E-state index contributed by atoms with van der Waals surface area (Å²) in [4.78, 5) is 0. The van der Waals surface area contributed by atoms with Crippen molar-refractivity contribution in [1.29, 1.82) is 0 Å². The van der Waals surface area contributed by atoms with Crippen molar-refractivity contribution in [2.75, 3.05) is 13.7 Å². The molecule has 3 nitrogen and oxygen atoms in total. The van der Waals surface area contributed by atoms with E-state index in [1.54, 1.807) is 7.11 Å². The molecule has 2 unspecified atom stereocenters. The molecule has 1 aliphatic rings. The van der Waals surface area contributed by atoms with Crippen LogP contribution in [0.3, 0.4) is 0 Å². The zero-order valence-electron chi connectivity index (χ0n) is 13.7. The lowest BCUT2D eigenvalue weighted by Gasteiger charge is -2.16. The number of rotatable bonds is 7. The van der Waals surface area contributed by atoms with E-state index in [0.717, 1.165) is 42.6 Å². The van der Waals surface area contributed by atoms with Gasteiger partial charge in [0.15, 0.2) is 0 Å². The van der Waals surface area contributed by atoms with Crippen molar-refractivity contribution in [3.63, 3.8) is 0 Å². The van der Waals surface area contributed by atoms with Crippen LogP contribution in [-0.4, -0.2) is 25.9 Å². The molecule has 2 N–H and O–H groups in total. The number of nitrogens with two attached hydrogens (primary N) is 1. The maximum atomic E-state index is 5.94. The summed E-state index contributed by atoms with van der Waals surface area (Å²) in [5, 5.41) is 0. The number of aryl methyl sites for hydroxylation is 1. The summed E-state index contributed by atoms with van der Waals surface area (Å²) in [5.74, 6) is 0.886. The van der Waals surface area contributed by atoms with Gasteiger partial charge in [0, 0.05) is 12.1 Å². The smallest absolute Gasteiger partial charge is 0.126 e. The summed E-state index contributed by atoms with van der Waals surface area (Å²) < 4.78 is 11.4. The molecule has 0 saturated carbocycles. The fraction of sp³-hybridized carbons (Fsp3) is 0.474. The third-order valence-corrected chi connectivity index (χ3v) is 4.29. The second-order valence-corrected chi connectivity index (χ2v) is 5.69. The Balaban J connectivity index is 2.13. The first-order valence-electron chi connectivity index (χ1n) is 8.04. The van der Waals surface area contributed by atoms with E-state index in [2.05, 4.69) is 18.7 Å². The van der Waals surface area contributed by atoms with E-state index < -0.39 is 0 Å². The van der Waals surface area contributed by atoms with Crippen LogP contribution in [0.5, 0.6) is 5.75 Å². The standard InChI is InChI=1S/C19H27NO2/c1-4-6-18-17(5-2)14(8-12-19(18)21-3)7-9-15-10-11-16(13-20)22-15/h4-6,8,12,15-16H,2,7,9-11,13,20H2,1,3H3/b6-4-. The van der Waals surface area contributed by atoms with Crippen LogP contribution in [0.15, 0.2) is 24.8 Å². The maximum absolute atomic E-state index is 5.94. The van der Waals surface area contributed by atoms with Crippen LogP contribution < -0.4 is 10.5 Å². The van der Waals surface area contributed by atoms with E-state index in [1.165, 1.54) is 5.56 Å². The van der Waals surface area contributed by atoms with Crippen molar-refractivity contribution in [2.24, 2.45) is 5.73 Å². The fourth-order valence-corrected chi connectivity index (χ4v) is 3.12. The van der Waals surface area contributed by atoms with Crippen molar-refractivity contribution >= 4 is 12.2 Å². The molecule has 0 radical (unpaired) electrons. The minimum Gasteiger partial charge on any atom is -0.496 e. The zero-order valence-corrected chi connectivity index (χ0v) is 13.7. The molecule has 3 heteroatoms. The van der Waals surface area contributed by atoms with Crippen molar-refractivity contribution in [2.45, 2.75) is 44.8 Å². The average Bonchev–Trinajstić information content (AvgIpc) is 3.01. The third-order valence-electron chi connectivity index (χ3n) is 4.29. The van der Waals surface area contributed by atoms with Crippen molar-refractivity contribution in [3.8, 4) is 5.75 Å². The average molecular weight is 301 g/mol. The van der Waals surface area contributed by atoms with Gasteiger partial charge < -0.3 is 15.2 Å². The molecule has 0 bridgehead atoms. The van der Waals surface area contributed by atoms with Crippen LogP contribution in [0.4, 0.5) is 0 Å². The number of methoxy groups -OCH3 is 1. The maximum Gasteiger partial charge on any atom is 0.126 e. The summed E-state index contributed by atoms with van der Waals surface area (Å²) in [6.45, 7) is 6.62. The molecule has 0 amide bonds. The van der Waals surface area contributed by atoms with Crippen LogP contribution in [-0.2, 0) is 11.2 Å². The van der Waals surface area contributed by atoms with Gasteiger partial charge >= 0.3 is 0 Å². The summed E-state index contributed by atoms with van der Waals surface area (Å²) in [5.41, 5.74) is 9.23. The highest BCUT2D eigenvalue weighted by Crippen LogP contribution is 2.30. The largest absolute Gasteiger partial charge is 0.496 e. The SMILES string of the molecule is C=Cc1c(CCC2CCC(CN)O2)ccc(OC)c1/C=C\C. The van der Waals surface area contributed by atoms with Crippen LogP contribution >= 0.6 is 0 Å². The topological polar surface area (TPSA) is 44.5 Å². The van der Waals surface area contributed by atoms with Gasteiger partial charge in [0.25, 0.3) is 0 Å². The van der Waals surface area contributed by atoms with E-state index >= 15 is 0 Å². The van der Waals surface area contributed by atoms with Gasteiger partial charge in [-0.1, -0.05) is 30.9 Å². The van der Waals surface area contributed by atoms with Crippen LogP contribution in [0.2, 0.25) is 0 Å². The Labute approximate surface area is 133 Å². The first-order valence-corrected chi connectivity index (χ1v) is 8.04. The number of hydrogen-bond acceptors (Lipinski definition) is 3. The molecule has 0 aromatic heterocycles. The molecule has 22 heavy (non-hydrogen) atoms. The number of allylic oxidation sites excluding steroid dienone is 1. The Morgan fingerprint density at radius 1 is 1.32 bits per heavy atom. The Kier molecular flexibility index (Phi) is 6.22. The van der Waals surface area contributed by atoms with Crippen LogP contribution in [0, 0.1) is 0 Å². The van der Waals surface area contributed by atoms with Gasteiger partial charge in [-0.05, 0) is 49.8 Å². The molecule has 1 aromatic rings. The number of benzene rings is 1. The van der Waals surface area contributed by atoms with E-state index in [-0.39, 0.29) is 6.10 Å². The Hall–Kier alpha value is -1.58. The van der Waals surface area contributed by atoms with E-state index in [1.807, 2.05) is 25.1 Å². The molecular weight excluding hydrogens is 274 g/mol. The van der Waals surface area contributed by atoms with Gasteiger partial charge in [-0.25, -0.2) is 0 Å². The third kappa shape index (κ3) is 3.79. The second-order valence-electron chi connectivity index (χ2n) is 5.69. The van der Waals surface area contributed by atoms with Crippen molar-refractivity contribution in [3.05, 3.63) is 41.5 Å². The molecule has 1 heterocycles. The number of hydrogen-bond donors (Lipinski definition) is 1. The van der Waals surface area contributed by atoms with Crippen molar-refractivity contribution < 1.29 is 9.47 Å². The van der Waals surface area contributed by atoms with Crippen LogP contribution in [0.1, 0.15) is 42.9 Å². The molecule has 1 saturated heterocycles. The van der Waals surface area contributed by atoms with Crippen molar-refractivity contribution in [1.82, 2.24) is 0 Å². The molecule has 2 rings (SSSR count). The summed E-state index contributed by atoms with van der Waals surface area (Å²) in [6.07, 6.45) is 10.8. The highest BCUT2D eigenvalue weighted by molar-refractivity contribution is 5.72. The molecule has 0 aliphatic carbocycles. The molecule has 2 atom stereocenters. The second kappa shape index (κ2) is 8.16. The lowest BCUT2D eigenvalue weighted by molar-refractivity contribution is 0.0458. The number of ether oxygens (including phenoxy) is 2. The van der Waals surface area contributed by atoms with Gasteiger partial charge in [0.1, 0.15) is 5.75 Å². The summed E-state index contributed by atoms with van der Waals surface area (Å²) in [7, 11) is 1.70. The lowest BCUT2D eigenvalue weighted by Crippen LogP contribution is -2.20. The first kappa shape index (κ1) is 16.8. The van der Waals surface area contributed by atoms with Gasteiger partial charge in [0.05, 0.1) is 19.3 Å². The van der Waals surface area contributed by atoms with Crippen LogP contribution in [0.25, 0.3) is 12.2 Å². The molecule has 1 aliphatic heterocycles. The molecular formula is C19H27NO2. The van der Waals surface area contributed by atoms with Gasteiger partial charge in [0.2, 0.25) is 0 Å². The molecule has 1 fully saturated rings. The Bertz CT molecular complexity index is 536. The summed E-state index contributed by atoms with van der Waals surface area (Å²) in [6, 6.07) is 4.17. The fourth-order valence-electron chi connectivity index (χ4n) is 3.12. The lowest BCUT2D eigenvalue weighted by atomic mass is 9.95. The molecule has 1 aromatic carbocycles. The Morgan fingerprint density at radius 2 is 2.09 bits per heavy atom. The van der Waals surface area contributed by atoms with E-state index in [4.69, 9.17) is 15.2 Å². The minimum absolute atomic E-state index is 0.248. The minimum atomic E-state index is 0.248. The Morgan fingerprint density at radius 3 is 2.68 bits per heavy atom.